The quantitative estimate of drug-likeness (QED) is 0.673. The molecule has 0 aliphatic heterocycles. The molecule has 3 aromatic rings. The zero-order valence-electron chi connectivity index (χ0n) is 11.1. The molecule has 0 unspecified atom stereocenters. The first-order valence-electron chi connectivity index (χ1n) is 6.35. The molecule has 0 aliphatic carbocycles. The maximum Gasteiger partial charge on any atom is 0.118 e. The van der Waals surface area contributed by atoms with Crippen LogP contribution < -0.4 is 4.74 Å². The topological polar surface area (TPSA) is 14.2 Å². The summed E-state index contributed by atoms with van der Waals surface area (Å²) in [6, 6.07) is 20.0. The Morgan fingerprint density at radius 3 is 2.25 bits per heavy atom. The van der Waals surface area contributed by atoms with Crippen LogP contribution in [0.5, 0.6) is 5.75 Å². The van der Waals surface area contributed by atoms with E-state index in [2.05, 4.69) is 22.8 Å². The third-order valence-electron chi connectivity index (χ3n) is 3.24. The van der Waals surface area contributed by atoms with E-state index in [9.17, 15) is 0 Å². The highest BCUT2D eigenvalue weighted by Gasteiger charge is 2.06. The van der Waals surface area contributed by atoms with E-state index < -0.39 is 0 Å². The molecule has 0 spiro atoms. The second-order valence-electron chi connectivity index (χ2n) is 4.47. The van der Waals surface area contributed by atoms with Gasteiger partial charge in [0.1, 0.15) is 5.75 Å². The molecule has 3 heteroatoms. The predicted octanol–water partition coefficient (Wildman–Crippen LogP) is 4.81. The van der Waals surface area contributed by atoms with Crippen molar-refractivity contribution in [1.82, 2.24) is 4.57 Å². The number of halogens is 1. The first kappa shape index (κ1) is 12.8. The largest absolute Gasteiger partial charge is 0.497 e. The van der Waals surface area contributed by atoms with Gasteiger partial charge in [0.2, 0.25) is 0 Å². The molecule has 0 N–H and O–H groups in total. The van der Waals surface area contributed by atoms with Gasteiger partial charge in [-0.1, -0.05) is 11.6 Å². The number of nitrogens with zero attached hydrogens (tertiary/aromatic N) is 1. The van der Waals surface area contributed by atoms with Crippen LogP contribution in [-0.2, 0) is 0 Å². The van der Waals surface area contributed by atoms with Gasteiger partial charge in [0.15, 0.2) is 0 Å². The van der Waals surface area contributed by atoms with Gasteiger partial charge in [-0.25, -0.2) is 0 Å². The van der Waals surface area contributed by atoms with Crippen molar-refractivity contribution in [2.24, 2.45) is 0 Å². The number of aromatic nitrogens is 1. The van der Waals surface area contributed by atoms with Crippen LogP contribution in [0.25, 0.3) is 16.9 Å². The number of hydrogen-bond acceptors (Lipinski definition) is 1. The number of methoxy groups -OCH3 is 1. The first-order valence-corrected chi connectivity index (χ1v) is 6.73. The van der Waals surface area contributed by atoms with E-state index in [1.807, 2.05) is 48.7 Å². The molecule has 1 aromatic heterocycles. The van der Waals surface area contributed by atoms with Crippen LogP contribution in [0.15, 0.2) is 66.9 Å². The minimum atomic E-state index is 0.743. The normalized spacial score (nSPS) is 10.5. The van der Waals surface area contributed by atoms with Crippen LogP contribution in [0.2, 0.25) is 5.02 Å². The van der Waals surface area contributed by atoms with E-state index in [0.29, 0.717) is 0 Å². The molecule has 3 rings (SSSR count). The molecule has 0 saturated heterocycles. The van der Waals surface area contributed by atoms with Crippen molar-refractivity contribution in [3.63, 3.8) is 0 Å². The summed E-state index contributed by atoms with van der Waals surface area (Å²) in [4.78, 5) is 0. The van der Waals surface area contributed by atoms with E-state index >= 15 is 0 Å². The molecule has 2 nitrogen and oxygen atoms in total. The number of hydrogen-bond donors (Lipinski definition) is 0. The Hall–Kier alpha value is -2.19. The van der Waals surface area contributed by atoms with E-state index in [1.54, 1.807) is 7.11 Å². The monoisotopic (exact) mass is 283 g/mol. The van der Waals surface area contributed by atoms with E-state index in [1.165, 1.54) is 0 Å². The van der Waals surface area contributed by atoms with E-state index in [4.69, 9.17) is 16.3 Å². The van der Waals surface area contributed by atoms with Gasteiger partial charge < -0.3 is 9.30 Å². The van der Waals surface area contributed by atoms with Crippen LogP contribution in [-0.4, -0.2) is 11.7 Å². The second kappa shape index (κ2) is 5.43. The van der Waals surface area contributed by atoms with Crippen molar-refractivity contribution >= 4 is 11.6 Å². The summed E-state index contributed by atoms with van der Waals surface area (Å²) in [6.07, 6.45) is 2.04. The number of ether oxygens (including phenoxy) is 1. The van der Waals surface area contributed by atoms with Crippen LogP contribution in [0.4, 0.5) is 0 Å². The highest BCUT2D eigenvalue weighted by atomic mass is 35.5. The van der Waals surface area contributed by atoms with Gasteiger partial charge in [-0.05, 0) is 66.2 Å². The van der Waals surface area contributed by atoms with Crippen LogP contribution in [0, 0.1) is 0 Å². The molecule has 0 amide bonds. The third kappa shape index (κ3) is 2.43. The lowest BCUT2D eigenvalue weighted by molar-refractivity contribution is 0.415. The molecule has 0 atom stereocenters. The van der Waals surface area contributed by atoms with Crippen molar-refractivity contribution < 1.29 is 4.74 Å². The lowest BCUT2D eigenvalue weighted by Crippen LogP contribution is -1.94. The lowest BCUT2D eigenvalue weighted by atomic mass is 10.1. The number of benzene rings is 2. The molecule has 1 heterocycles. The van der Waals surface area contributed by atoms with Gasteiger partial charge in [-0.3, -0.25) is 0 Å². The van der Waals surface area contributed by atoms with Crippen molar-refractivity contribution in [3.8, 4) is 22.7 Å². The van der Waals surface area contributed by atoms with Crippen LogP contribution >= 0.6 is 11.6 Å². The number of rotatable bonds is 3. The van der Waals surface area contributed by atoms with Crippen molar-refractivity contribution in [1.29, 1.82) is 0 Å². The molecule has 0 bridgehead atoms. The van der Waals surface area contributed by atoms with Gasteiger partial charge in [0.05, 0.1) is 12.8 Å². The Bertz CT molecular complexity index is 699. The van der Waals surface area contributed by atoms with Crippen LogP contribution in [0.3, 0.4) is 0 Å². The summed E-state index contributed by atoms with van der Waals surface area (Å²) >= 11 is 5.94. The standard InChI is InChI=1S/C17H14ClNO/c1-20-16-10-4-13(5-11-16)17-3-2-12-19(17)15-8-6-14(18)7-9-15/h2-12H,1H3. The molecule has 0 saturated carbocycles. The molecule has 2 aromatic carbocycles. The summed E-state index contributed by atoms with van der Waals surface area (Å²) in [6.45, 7) is 0. The fraction of sp³-hybridized carbons (Fsp3) is 0.0588. The molecular formula is C17H14ClNO. The second-order valence-corrected chi connectivity index (χ2v) is 4.90. The van der Waals surface area contributed by atoms with Gasteiger partial charge in [0.25, 0.3) is 0 Å². The van der Waals surface area contributed by atoms with Crippen molar-refractivity contribution in [2.45, 2.75) is 0 Å². The minimum Gasteiger partial charge on any atom is -0.497 e. The third-order valence-corrected chi connectivity index (χ3v) is 3.49. The molecule has 20 heavy (non-hydrogen) atoms. The SMILES string of the molecule is COc1ccc(-c2cccn2-c2ccc(Cl)cc2)cc1. The molecular weight excluding hydrogens is 270 g/mol. The smallest absolute Gasteiger partial charge is 0.118 e. The fourth-order valence-corrected chi connectivity index (χ4v) is 2.33. The highest BCUT2D eigenvalue weighted by molar-refractivity contribution is 6.30. The van der Waals surface area contributed by atoms with Gasteiger partial charge in [0, 0.05) is 16.9 Å². The van der Waals surface area contributed by atoms with Crippen molar-refractivity contribution in [3.05, 3.63) is 71.9 Å². The van der Waals surface area contributed by atoms with Gasteiger partial charge >= 0.3 is 0 Å². The molecule has 100 valence electrons. The average molecular weight is 284 g/mol. The predicted molar refractivity (Wildman–Crippen MR) is 82.8 cm³/mol. The molecule has 0 fully saturated rings. The molecule has 0 aliphatic rings. The van der Waals surface area contributed by atoms with Gasteiger partial charge in [-0.2, -0.15) is 0 Å². The van der Waals surface area contributed by atoms with Gasteiger partial charge in [-0.15, -0.1) is 0 Å². The summed E-state index contributed by atoms with van der Waals surface area (Å²) in [5.74, 6) is 0.860. The first-order chi connectivity index (χ1) is 9.78. The Morgan fingerprint density at radius 1 is 0.900 bits per heavy atom. The average Bonchev–Trinajstić information content (AvgIpc) is 2.97. The summed E-state index contributed by atoms with van der Waals surface area (Å²) in [7, 11) is 1.67. The Labute approximate surface area is 123 Å². The molecule has 0 radical (unpaired) electrons. The zero-order chi connectivity index (χ0) is 13.9. The lowest BCUT2D eigenvalue weighted by Gasteiger charge is -2.10. The van der Waals surface area contributed by atoms with E-state index in [0.717, 1.165) is 27.7 Å². The Morgan fingerprint density at radius 2 is 1.60 bits per heavy atom. The summed E-state index contributed by atoms with van der Waals surface area (Å²) in [5.41, 5.74) is 3.37. The maximum atomic E-state index is 5.94. The van der Waals surface area contributed by atoms with Crippen molar-refractivity contribution in [2.75, 3.05) is 7.11 Å². The van der Waals surface area contributed by atoms with E-state index in [-0.39, 0.29) is 0 Å². The summed E-state index contributed by atoms with van der Waals surface area (Å²) in [5, 5.41) is 0.743. The Balaban J connectivity index is 2.02. The highest BCUT2D eigenvalue weighted by Crippen LogP contribution is 2.26. The summed E-state index contributed by atoms with van der Waals surface area (Å²) < 4.78 is 7.33. The van der Waals surface area contributed by atoms with Crippen LogP contribution in [0.1, 0.15) is 0 Å². The fourth-order valence-electron chi connectivity index (χ4n) is 2.20. The zero-order valence-corrected chi connectivity index (χ0v) is 11.8. The Kier molecular flexibility index (Phi) is 3.48. The minimum absolute atomic E-state index is 0.743. The maximum absolute atomic E-state index is 5.94.